The second-order valence-electron chi connectivity index (χ2n) is 14.7. The summed E-state index contributed by atoms with van der Waals surface area (Å²) in [5.41, 5.74) is 2.56. The molecule has 15 nitrogen and oxygen atoms in total. The largest absolute Gasteiger partial charge is 0.456 e. The van der Waals surface area contributed by atoms with Crippen LogP contribution >= 0.6 is 0 Å². The number of fused-ring (bicyclic) bond motifs is 1. The number of amides is 2. The Labute approximate surface area is 317 Å². The van der Waals surface area contributed by atoms with E-state index in [0.717, 1.165) is 31.2 Å². The van der Waals surface area contributed by atoms with Crippen LogP contribution < -0.4 is 10.6 Å². The summed E-state index contributed by atoms with van der Waals surface area (Å²) in [6.45, 7) is -0.454. The van der Waals surface area contributed by atoms with Gasteiger partial charge in [0.1, 0.15) is 42.7 Å². The Hall–Kier alpha value is -4.03. The van der Waals surface area contributed by atoms with Crippen LogP contribution in [0.15, 0.2) is 66.3 Å². The number of esters is 1. The highest BCUT2D eigenvalue weighted by molar-refractivity contribution is 5.95. The van der Waals surface area contributed by atoms with Gasteiger partial charge in [0.15, 0.2) is 12.1 Å². The third-order valence-corrected chi connectivity index (χ3v) is 10.7. The van der Waals surface area contributed by atoms with E-state index < -0.39 is 67.4 Å². The minimum Gasteiger partial charge on any atom is -0.456 e. The van der Waals surface area contributed by atoms with Crippen LogP contribution in [0, 0.1) is 11.8 Å². The zero-order valence-corrected chi connectivity index (χ0v) is 30.2. The number of carbonyl (C=O) groups excluding carboxylic acids is 3. The molecule has 0 unspecified atom stereocenters. The molecule has 296 valence electrons. The van der Waals surface area contributed by atoms with Gasteiger partial charge in [-0.3, -0.25) is 9.59 Å². The standard InChI is InChI=1S/C40H48N2O13/c43-15-14-41-36(48)25-5-1-3-23(17-25)20-42-37(49)26-18-29(35-30(19-26)54-40(55-35,27-10-11-27)28-12-13-28)52-38(50)24-8-6-22(7-9-24)4-2-16-51-39-34(47)33(46)32(45)31(21-44)53-39/h1-9,17,19,27-35,39,43-47H,10-16,18,20-21H2,(H,41,48)(H,42,49)/t29-,30-,31-,32+,33+,34-,35+,39+/m1/s1. The Morgan fingerprint density at radius 2 is 1.62 bits per heavy atom. The van der Waals surface area contributed by atoms with Gasteiger partial charge in [-0.2, -0.15) is 0 Å². The molecule has 7 rings (SSSR count). The number of nitrogens with one attached hydrogen (secondary N) is 2. The molecule has 0 aromatic heterocycles. The molecule has 2 aliphatic heterocycles. The number of benzene rings is 2. The maximum absolute atomic E-state index is 13.6. The topological polar surface area (TPSA) is 223 Å². The van der Waals surface area contributed by atoms with Crippen molar-refractivity contribution >= 4 is 23.9 Å². The fourth-order valence-electron chi connectivity index (χ4n) is 7.44. The minimum absolute atomic E-state index is 0.0135. The number of aliphatic hydroxyl groups is 5. The lowest BCUT2D eigenvalue weighted by Gasteiger charge is -2.39. The van der Waals surface area contributed by atoms with E-state index in [2.05, 4.69) is 10.6 Å². The molecule has 2 amide bonds. The predicted octanol–water partition coefficient (Wildman–Crippen LogP) is 0.711. The summed E-state index contributed by atoms with van der Waals surface area (Å²) in [5.74, 6) is -1.48. The third kappa shape index (κ3) is 8.85. The monoisotopic (exact) mass is 764 g/mol. The highest BCUT2D eigenvalue weighted by atomic mass is 16.8. The molecule has 4 fully saturated rings. The van der Waals surface area contributed by atoms with E-state index in [9.17, 15) is 34.8 Å². The zero-order chi connectivity index (χ0) is 38.7. The fourth-order valence-corrected chi connectivity index (χ4v) is 7.44. The first-order valence-corrected chi connectivity index (χ1v) is 18.8. The van der Waals surface area contributed by atoms with E-state index in [4.69, 9.17) is 28.8 Å². The van der Waals surface area contributed by atoms with Gasteiger partial charge in [0.2, 0.25) is 5.91 Å². The predicted molar refractivity (Wildman–Crippen MR) is 193 cm³/mol. The average molecular weight is 765 g/mol. The number of rotatable bonds is 15. The number of hydrogen-bond acceptors (Lipinski definition) is 13. The lowest BCUT2D eigenvalue weighted by atomic mass is 9.91. The Morgan fingerprint density at radius 3 is 2.31 bits per heavy atom. The summed E-state index contributed by atoms with van der Waals surface area (Å²) < 4.78 is 30.3. The molecule has 0 spiro atoms. The van der Waals surface area contributed by atoms with Crippen molar-refractivity contribution in [2.45, 2.75) is 93.5 Å². The maximum Gasteiger partial charge on any atom is 0.338 e. The van der Waals surface area contributed by atoms with Gasteiger partial charge in [-0.25, -0.2) is 4.79 Å². The molecule has 2 aromatic carbocycles. The molecule has 2 aromatic rings. The number of hydrogen-bond donors (Lipinski definition) is 7. The molecule has 55 heavy (non-hydrogen) atoms. The summed E-state index contributed by atoms with van der Waals surface area (Å²) in [6.07, 6.45) is 0.477. The van der Waals surface area contributed by atoms with Gasteiger partial charge in [-0.15, -0.1) is 0 Å². The van der Waals surface area contributed by atoms with Crippen molar-refractivity contribution in [1.29, 1.82) is 0 Å². The van der Waals surface area contributed by atoms with Crippen molar-refractivity contribution in [3.63, 3.8) is 0 Å². The van der Waals surface area contributed by atoms with Gasteiger partial charge in [0.05, 0.1) is 25.4 Å². The van der Waals surface area contributed by atoms with Crippen molar-refractivity contribution in [3.8, 4) is 0 Å². The van der Waals surface area contributed by atoms with E-state index in [1.54, 1.807) is 66.8 Å². The Morgan fingerprint density at radius 1 is 0.873 bits per heavy atom. The molecular weight excluding hydrogens is 716 g/mol. The molecule has 15 heteroatoms. The van der Waals surface area contributed by atoms with Gasteiger partial charge in [0, 0.05) is 42.5 Å². The van der Waals surface area contributed by atoms with E-state index in [0.29, 0.717) is 22.3 Å². The number of carbonyl (C=O) groups is 3. The van der Waals surface area contributed by atoms with Crippen LogP contribution in [0.5, 0.6) is 0 Å². The summed E-state index contributed by atoms with van der Waals surface area (Å²) in [4.78, 5) is 39.5. The fraction of sp³-hybridized carbons (Fsp3) is 0.525. The van der Waals surface area contributed by atoms with Crippen LogP contribution in [0.25, 0.3) is 6.08 Å². The van der Waals surface area contributed by atoms with Crippen molar-refractivity contribution < 1.29 is 63.6 Å². The molecular formula is C40H48N2O13. The highest BCUT2D eigenvalue weighted by Crippen LogP contribution is 2.59. The van der Waals surface area contributed by atoms with Crippen molar-refractivity contribution in [1.82, 2.24) is 10.6 Å². The van der Waals surface area contributed by atoms with Crippen molar-refractivity contribution in [3.05, 3.63) is 88.5 Å². The second-order valence-corrected chi connectivity index (χ2v) is 14.7. The molecule has 2 saturated heterocycles. The molecule has 5 aliphatic rings. The van der Waals surface area contributed by atoms with E-state index >= 15 is 0 Å². The smallest absolute Gasteiger partial charge is 0.338 e. The molecule has 8 atom stereocenters. The quantitative estimate of drug-likeness (QED) is 0.124. The van der Waals surface area contributed by atoms with Gasteiger partial charge in [0.25, 0.3) is 5.91 Å². The molecule has 7 N–H and O–H groups in total. The molecule has 2 saturated carbocycles. The lowest BCUT2D eigenvalue weighted by Crippen LogP contribution is -2.59. The van der Waals surface area contributed by atoms with Gasteiger partial charge in [-0.1, -0.05) is 36.4 Å². The van der Waals surface area contributed by atoms with Crippen molar-refractivity contribution in [2.24, 2.45) is 11.8 Å². The van der Waals surface area contributed by atoms with Crippen LogP contribution in [0.1, 0.15) is 63.9 Å². The van der Waals surface area contributed by atoms with Crippen LogP contribution in [0.4, 0.5) is 0 Å². The van der Waals surface area contributed by atoms with Crippen LogP contribution in [0.3, 0.4) is 0 Å². The van der Waals surface area contributed by atoms with Crippen LogP contribution in [-0.2, 0) is 35.0 Å². The molecule has 2 heterocycles. The van der Waals surface area contributed by atoms with Crippen LogP contribution in [-0.4, -0.2) is 124 Å². The summed E-state index contributed by atoms with van der Waals surface area (Å²) in [7, 11) is 0. The van der Waals surface area contributed by atoms with Gasteiger partial charge < -0.3 is 59.9 Å². The number of ether oxygens (including phenoxy) is 5. The third-order valence-electron chi connectivity index (χ3n) is 10.7. The second kappa shape index (κ2) is 17.0. The molecule has 0 radical (unpaired) electrons. The Balaban J connectivity index is 0.984. The lowest BCUT2D eigenvalue weighted by molar-refractivity contribution is -0.298. The Bertz CT molecular complexity index is 1740. The minimum atomic E-state index is -1.53. The first-order valence-electron chi connectivity index (χ1n) is 18.8. The molecule has 3 aliphatic carbocycles. The number of aliphatic hydroxyl groups excluding tert-OH is 5. The maximum atomic E-state index is 13.6. The Kier molecular flexibility index (Phi) is 12.1. The summed E-state index contributed by atoms with van der Waals surface area (Å²) in [5, 5.41) is 54.0. The summed E-state index contributed by atoms with van der Waals surface area (Å²) >= 11 is 0. The first kappa shape index (κ1) is 39.2. The average Bonchev–Trinajstić information content (AvgIpc) is 4.15. The van der Waals surface area contributed by atoms with Gasteiger partial charge >= 0.3 is 5.97 Å². The van der Waals surface area contributed by atoms with E-state index in [1.807, 2.05) is 0 Å². The summed E-state index contributed by atoms with van der Waals surface area (Å²) in [6, 6.07) is 13.5. The van der Waals surface area contributed by atoms with E-state index in [-0.39, 0.29) is 56.4 Å². The SMILES string of the molecule is O=C(NCc1cccc(C(=O)NCCO)c1)C1=C[C@H]2OC(C3CC3)(C3CC3)O[C@H]2[C@H](OC(=O)c2ccc(C=CCO[C@H]3O[C@H](CO)[C@H](O)[C@H](O)[C@H]3O)cc2)C1. The normalized spacial score (nSPS) is 30.0. The van der Waals surface area contributed by atoms with Crippen LogP contribution in [0.2, 0.25) is 0 Å². The molecule has 0 bridgehead atoms. The van der Waals surface area contributed by atoms with E-state index in [1.165, 1.54) is 0 Å². The zero-order valence-electron chi connectivity index (χ0n) is 30.2. The van der Waals surface area contributed by atoms with Crippen molar-refractivity contribution in [2.75, 3.05) is 26.4 Å². The highest BCUT2D eigenvalue weighted by Gasteiger charge is 2.64. The first-order chi connectivity index (χ1) is 26.6. The van der Waals surface area contributed by atoms with Gasteiger partial charge in [-0.05, 0) is 67.2 Å².